The van der Waals surface area contributed by atoms with Crippen LogP contribution in [0.25, 0.3) is 11.0 Å². The van der Waals surface area contributed by atoms with Crippen LogP contribution >= 0.6 is 0 Å². The van der Waals surface area contributed by atoms with Gasteiger partial charge in [0.15, 0.2) is 5.82 Å². The maximum absolute atomic E-state index is 13.2. The molecule has 5 nitrogen and oxygen atoms in total. The van der Waals surface area contributed by atoms with Crippen molar-refractivity contribution in [1.29, 1.82) is 0 Å². The average Bonchev–Trinajstić information content (AvgIpc) is 2.40. The van der Waals surface area contributed by atoms with E-state index in [1.54, 1.807) is 0 Å². The Balaban J connectivity index is 2.03. The first kappa shape index (κ1) is 12.1. The fourth-order valence-electron chi connectivity index (χ4n) is 2.28. The summed E-state index contributed by atoms with van der Waals surface area (Å²) in [6, 6.07) is 4.19. The van der Waals surface area contributed by atoms with Gasteiger partial charge in [-0.05, 0) is 19.2 Å². The van der Waals surface area contributed by atoms with Gasteiger partial charge in [0.1, 0.15) is 5.82 Å². The van der Waals surface area contributed by atoms with Crippen molar-refractivity contribution < 1.29 is 4.39 Å². The van der Waals surface area contributed by atoms with Gasteiger partial charge in [-0.3, -0.25) is 4.79 Å². The van der Waals surface area contributed by atoms with Gasteiger partial charge in [0.2, 0.25) is 0 Å². The first-order valence-electron chi connectivity index (χ1n) is 6.26. The molecular weight excluding hydrogens is 247 g/mol. The number of fused-ring (bicyclic) bond motifs is 1. The molecule has 19 heavy (non-hydrogen) atoms. The quantitative estimate of drug-likeness (QED) is 0.826. The molecule has 100 valence electrons. The van der Waals surface area contributed by atoms with Crippen LogP contribution in [0.15, 0.2) is 23.0 Å². The van der Waals surface area contributed by atoms with Crippen LogP contribution in [0, 0.1) is 5.82 Å². The van der Waals surface area contributed by atoms with E-state index in [9.17, 15) is 9.18 Å². The summed E-state index contributed by atoms with van der Waals surface area (Å²) in [5, 5.41) is 0. The zero-order chi connectivity index (χ0) is 13.4. The third-order valence-electron chi connectivity index (χ3n) is 3.44. The summed E-state index contributed by atoms with van der Waals surface area (Å²) in [7, 11) is 2.05. The number of benzene rings is 1. The second kappa shape index (κ2) is 4.62. The van der Waals surface area contributed by atoms with Crippen LogP contribution in [0.2, 0.25) is 0 Å². The van der Waals surface area contributed by atoms with E-state index in [0.29, 0.717) is 16.9 Å². The Labute approximate surface area is 109 Å². The minimum Gasteiger partial charge on any atom is -0.349 e. The number of H-pyrrole nitrogens is 1. The molecule has 0 saturated carbocycles. The molecule has 0 radical (unpaired) electrons. The minimum atomic E-state index is -0.351. The fourth-order valence-corrected chi connectivity index (χ4v) is 2.28. The SMILES string of the molecule is CN1CCN(c2nc3cc(F)ccc3[nH]c2=O)CC1. The second-order valence-corrected chi connectivity index (χ2v) is 4.84. The predicted molar refractivity (Wildman–Crippen MR) is 72.0 cm³/mol. The molecule has 1 fully saturated rings. The van der Waals surface area contributed by atoms with E-state index < -0.39 is 0 Å². The molecule has 1 aromatic heterocycles. The number of aromatic amines is 1. The molecule has 0 atom stereocenters. The molecule has 0 bridgehead atoms. The third-order valence-corrected chi connectivity index (χ3v) is 3.44. The van der Waals surface area contributed by atoms with E-state index >= 15 is 0 Å². The van der Waals surface area contributed by atoms with Crippen molar-refractivity contribution in [2.45, 2.75) is 0 Å². The van der Waals surface area contributed by atoms with Crippen molar-refractivity contribution in [2.24, 2.45) is 0 Å². The number of hydrogen-bond donors (Lipinski definition) is 1. The molecule has 0 amide bonds. The van der Waals surface area contributed by atoms with Gasteiger partial charge in [0.25, 0.3) is 5.56 Å². The fraction of sp³-hybridized carbons (Fsp3) is 0.385. The van der Waals surface area contributed by atoms with Gasteiger partial charge in [-0.2, -0.15) is 0 Å². The lowest BCUT2D eigenvalue weighted by Crippen LogP contribution is -2.46. The summed E-state index contributed by atoms with van der Waals surface area (Å²) in [6.07, 6.45) is 0. The molecule has 2 aromatic rings. The number of rotatable bonds is 1. The summed E-state index contributed by atoms with van der Waals surface area (Å²) >= 11 is 0. The highest BCUT2D eigenvalue weighted by atomic mass is 19.1. The lowest BCUT2D eigenvalue weighted by atomic mass is 10.3. The number of likely N-dealkylation sites (N-methyl/N-ethyl adjacent to an activating group) is 1. The largest absolute Gasteiger partial charge is 0.349 e. The van der Waals surface area contributed by atoms with E-state index in [1.807, 2.05) is 11.9 Å². The van der Waals surface area contributed by atoms with E-state index in [-0.39, 0.29) is 11.4 Å². The Morgan fingerprint density at radius 2 is 2.00 bits per heavy atom. The standard InChI is InChI=1S/C13H15FN4O/c1-17-4-6-18(7-5-17)12-13(19)16-10-3-2-9(14)8-11(10)15-12/h2-3,8H,4-7H2,1H3,(H,16,19). The van der Waals surface area contributed by atoms with Crippen LogP contribution in [0.4, 0.5) is 10.2 Å². The highest BCUT2D eigenvalue weighted by molar-refractivity contribution is 5.75. The Morgan fingerprint density at radius 3 is 2.74 bits per heavy atom. The minimum absolute atomic E-state index is 0.219. The number of nitrogens with zero attached hydrogens (tertiary/aromatic N) is 3. The first-order valence-corrected chi connectivity index (χ1v) is 6.26. The number of hydrogen-bond acceptors (Lipinski definition) is 4. The van der Waals surface area contributed by atoms with Gasteiger partial charge in [-0.1, -0.05) is 0 Å². The lowest BCUT2D eigenvalue weighted by molar-refractivity contribution is 0.312. The summed E-state index contributed by atoms with van der Waals surface area (Å²) in [5.41, 5.74) is 0.821. The third kappa shape index (κ3) is 2.31. The van der Waals surface area contributed by atoms with Crippen LogP contribution in [-0.4, -0.2) is 48.1 Å². The molecule has 1 aliphatic rings. The normalized spacial score (nSPS) is 17.1. The van der Waals surface area contributed by atoms with Crippen molar-refractivity contribution in [2.75, 3.05) is 38.1 Å². The van der Waals surface area contributed by atoms with Gasteiger partial charge in [-0.15, -0.1) is 0 Å². The topological polar surface area (TPSA) is 52.2 Å². The van der Waals surface area contributed by atoms with Gasteiger partial charge < -0.3 is 14.8 Å². The van der Waals surface area contributed by atoms with Crippen LogP contribution in [0.5, 0.6) is 0 Å². The molecule has 0 spiro atoms. The summed E-state index contributed by atoms with van der Waals surface area (Å²) in [5.74, 6) is 0.0302. The predicted octanol–water partition coefficient (Wildman–Crippen LogP) is 0.814. The molecule has 6 heteroatoms. The van der Waals surface area contributed by atoms with Gasteiger partial charge in [-0.25, -0.2) is 9.37 Å². The van der Waals surface area contributed by atoms with Crippen LogP contribution in [0.1, 0.15) is 0 Å². The number of aromatic nitrogens is 2. The van der Waals surface area contributed by atoms with E-state index in [2.05, 4.69) is 14.9 Å². The Bertz CT molecular complexity index is 661. The maximum atomic E-state index is 13.2. The Kier molecular flexibility index (Phi) is 2.94. The average molecular weight is 262 g/mol. The van der Waals surface area contributed by atoms with Crippen LogP contribution < -0.4 is 10.5 Å². The van der Waals surface area contributed by atoms with Gasteiger partial charge in [0.05, 0.1) is 11.0 Å². The monoisotopic (exact) mass is 262 g/mol. The number of piperazine rings is 1. The smallest absolute Gasteiger partial charge is 0.291 e. The van der Waals surface area contributed by atoms with Crippen LogP contribution in [-0.2, 0) is 0 Å². The van der Waals surface area contributed by atoms with Crippen molar-refractivity contribution in [3.8, 4) is 0 Å². The lowest BCUT2D eigenvalue weighted by Gasteiger charge is -2.32. The molecule has 3 rings (SSSR count). The highest BCUT2D eigenvalue weighted by Crippen LogP contribution is 2.14. The Morgan fingerprint density at radius 1 is 1.26 bits per heavy atom. The van der Waals surface area contributed by atoms with E-state index in [1.165, 1.54) is 18.2 Å². The molecule has 1 saturated heterocycles. The summed E-state index contributed by atoms with van der Waals surface area (Å²) in [6.45, 7) is 3.30. The molecule has 1 N–H and O–H groups in total. The van der Waals surface area contributed by atoms with Gasteiger partial charge in [0, 0.05) is 32.2 Å². The molecular formula is C13H15FN4O. The number of anilines is 1. The van der Waals surface area contributed by atoms with Crippen molar-refractivity contribution >= 4 is 16.9 Å². The first-order chi connectivity index (χ1) is 9.13. The molecule has 1 aromatic carbocycles. The maximum Gasteiger partial charge on any atom is 0.291 e. The summed E-state index contributed by atoms with van der Waals surface area (Å²) in [4.78, 5) is 23.2. The second-order valence-electron chi connectivity index (χ2n) is 4.84. The molecule has 0 aliphatic carbocycles. The van der Waals surface area contributed by atoms with Crippen molar-refractivity contribution in [3.05, 3.63) is 34.4 Å². The number of nitrogens with one attached hydrogen (secondary N) is 1. The molecule has 0 unspecified atom stereocenters. The highest BCUT2D eigenvalue weighted by Gasteiger charge is 2.18. The zero-order valence-corrected chi connectivity index (χ0v) is 10.7. The molecule has 1 aliphatic heterocycles. The number of halogens is 1. The van der Waals surface area contributed by atoms with E-state index in [4.69, 9.17) is 0 Å². The van der Waals surface area contributed by atoms with E-state index in [0.717, 1.165) is 26.2 Å². The summed E-state index contributed by atoms with van der Waals surface area (Å²) < 4.78 is 13.2. The van der Waals surface area contributed by atoms with Gasteiger partial charge >= 0.3 is 0 Å². The Hall–Kier alpha value is -1.95. The van der Waals surface area contributed by atoms with Crippen molar-refractivity contribution in [1.82, 2.24) is 14.9 Å². The van der Waals surface area contributed by atoms with Crippen molar-refractivity contribution in [3.63, 3.8) is 0 Å². The van der Waals surface area contributed by atoms with Crippen LogP contribution in [0.3, 0.4) is 0 Å². The molecule has 2 heterocycles. The zero-order valence-electron chi connectivity index (χ0n) is 10.7.